The smallest absolute Gasteiger partial charge is 0.274 e. The summed E-state index contributed by atoms with van der Waals surface area (Å²) in [5.74, 6) is 1.64. The number of aromatic nitrogens is 7. The second-order valence-electron chi connectivity index (χ2n) is 5.52. The molecule has 0 spiro atoms. The molecule has 3 aromatic heterocycles. The molecular formula is C15H16N8O. The van der Waals surface area contributed by atoms with Gasteiger partial charge in [0.25, 0.3) is 5.91 Å². The Labute approximate surface area is 138 Å². The Kier molecular flexibility index (Phi) is 3.73. The van der Waals surface area contributed by atoms with Crippen molar-refractivity contribution < 1.29 is 4.79 Å². The molecule has 4 rings (SSSR count). The number of carbonyl (C=O) groups excluding carboxylic acids is 1. The molecule has 0 radical (unpaired) electrons. The SMILES string of the molecule is O=C(c1cnccn1)N1CCc2nnc(Cn3cccn3)n2CC1. The number of hydrogen-bond acceptors (Lipinski definition) is 6. The molecule has 0 N–H and O–H groups in total. The first-order chi connectivity index (χ1) is 11.8. The van der Waals surface area contributed by atoms with E-state index in [4.69, 9.17) is 0 Å². The van der Waals surface area contributed by atoms with Crippen LogP contribution < -0.4 is 0 Å². The van der Waals surface area contributed by atoms with Crippen molar-refractivity contribution in [3.63, 3.8) is 0 Å². The Morgan fingerprint density at radius 3 is 2.88 bits per heavy atom. The summed E-state index contributed by atoms with van der Waals surface area (Å²) in [6, 6.07) is 1.88. The average molecular weight is 324 g/mol. The fraction of sp³-hybridized carbons (Fsp3) is 0.333. The third-order valence-electron chi connectivity index (χ3n) is 4.03. The normalized spacial score (nSPS) is 14.2. The molecular weight excluding hydrogens is 308 g/mol. The molecule has 9 heteroatoms. The first-order valence-corrected chi connectivity index (χ1v) is 7.75. The van der Waals surface area contributed by atoms with Gasteiger partial charge in [0.2, 0.25) is 0 Å². The number of carbonyl (C=O) groups is 1. The van der Waals surface area contributed by atoms with E-state index in [1.54, 1.807) is 17.3 Å². The Morgan fingerprint density at radius 2 is 2.08 bits per heavy atom. The van der Waals surface area contributed by atoms with Crippen LogP contribution >= 0.6 is 0 Å². The molecule has 0 atom stereocenters. The van der Waals surface area contributed by atoms with Crippen LogP contribution in [0.5, 0.6) is 0 Å². The van der Waals surface area contributed by atoms with Crippen molar-refractivity contribution in [3.05, 3.63) is 54.4 Å². The van der Waals surface area contributed by atoms with Crippen molar-refractivity contribution >= 4 is 5.91 Å². The molecule has 0 aliphatic carbocycles. The molecule has 0 unspecified atom stereocenters. The highest BCUT2D eigenvalue weighted by Gasteiger charge is 2.23. The van der Waals surface area contributed by atoms with E-state index in [-0.39, 0.29) is 5.91 Å². The summed E-state index contributed by atoms with van der Waals surface area (Å²) in [4.78, 5) is 22.4. The van der Waals surface area contributed by atoms with Gasteiger partial charge in [0, 0.05) is 50.8 Å². The zero-order valence-corrected chi connectivity index (χ0v) is 13.0. The monoisotopic (exact) mass is 324 g/mol. The molecule has 0 saturated heterocycles. The second-order valence-corrected chi connectivity index (χ2v) is 5.52. The molecule has 0 saturated carbocycles. The zero-order chi connectivity index (χ0) is 16.4. The summed E-state index contributed by atoms with van der Waals surface area (Å²) < 4.78 is 3.89. The maximum atomic E-state index is 12.5. The Balaban J connectivity index is 1.50. The molecule has 0 fully saturated rings. The summed E-state index contributed by atoms with van der Waals surface area (Å²) in [5.41, 5.74) is 0.368. The second kappa shape index (κ2) is 6.19. The van der Waals surface area contributed by atoms with Crippen LogP contribution in [0.25, 0.3) is 0 Å². The van der Waals surface area contributed by atoms with E-state index < -0.39 is 0 Å². The Morgan fingerprint density at radius 1 is 1.12 bits per heavy atom. The van der Waals surface area contributed by atoms with Crippen molar-refractivity contribution in [2.75, 3.05) is 13.1 Å². The van der Waals surface area contributed by atoms with Crippen LogP contribution in [0.1, 0.15) is 22.1 Å². The van der Waals surface area contributed by atoms with Crippen LogP contribution in [-0.4, -0.2) is 58.4 Å². The predicted molar refractivity (Wildman–Crippen MR) is 83.0 cm³/mol. The van der Waals surface area contributed by atoms with Crippen LogP contribution in [0.3, 0.4) is 0 Å². The van der Waals surface area contributed by atoms with Gasteiger partial charge >= 0.3 is 0 Å². The first kappa shape index (κ1) is 14.5. The van der Waals surface area contributed by atoms with Gasteiger partial charge in [-0.15, -0.1) is 10.2 Å². The van der Waals surface area contributed by atoms with Gasteiger partial charge in [0.1, 0.15) is 18.1 Å². The van der Waals surface area contributed by atoms with Gasteiger partial charge < -0.3 is 9.47 Å². The van der Waals surface area contributed by atoms with Crippen molar-refractivity contribution in [1.29, 1.82) is 0 Å². The summed E-state index contributed by atoms with van der Waals surface area (Å²) in [7, 11) is 0. The van der Waals surface area contributed by atoms with E-state index in [2.05, 4.69) is 29.8 Å². The van der Waals surface area contributed by atoms with Gasteiger partial charge in [0.15, 0.2) is 5.82 Å². The minimum Gasteiger partial charge on any atom is -0.335 e. The summed E-state index contributed by atoms with van der Waals surface area (Å²) >= 11 is 0. The Bertz CT molecular complexity index is 827. The molecule has 4 heterocycles. The Hall–Kier alpha value is -3.10. The number of hydrogen-bond donors (Lipinski definition) is 0. The van der Waals surface area contributed by atoms with E-state index in [1.165, 1.54) is 12.4 Å². The molecule has 3 aromatic rings. The molecule has 0 aromatic carbocycles. The molecule has 1 amide bonds. The molecule has 1 aliphatic rings. The lowest BCUT2D eigenvalue weighted by atomic mass is 10.3. The molecule has 0 bridgehead atoms. The maximum absolute atomic E-state index is 12.5. The first-order valence-electron chi connectivity index (χ1n) is 7.75. The summed E-state index contributed by atoms with van der Waals surface area (Å²) in [6.45, 7) is 2.41. The van der Waals surface area contributed by atoms with Crippen molar-refractivity contribution in [3.8, 4) is 0 Å². The lowest BCUT2D eigenvalue weighted by molar-refractivity contribution is 0.0752. The predicted octanol–water partition coefficient (Wildman–Crippen LogP) is 0.0114. The van der Waals surface area contributed by atoms with Crippen molar-refractivity contribution in [2.45, 2.75) is 19.5 Å². The lowest BCUT2D eigenvalue weighted by Gasteiger charge is -2.19. The van der Waals surface area contributed by atoms with Gasteiger partial charge in [-0.1, -0.05) is 0 Å². The van der Waals surface area contributed by atoms with Crippen LogP contribution in [0, 0.1) is 0 Å². The van der Waals surface area contributed by atoms with E-state index in [0.29, 0.717) is 38.3 Å². The van der Waals surface area contributed by atoms with E-state index in [0.717, 1.165) is 11.6 Å². The third-order valence-corrected chi connectivity index (χ3v) is 4.03. The lowest BCUT2D eigenvalue weighted by Crippen LogP contribution is -2.34. The molecule has 122 valence electrons. The van der Waals surface area contributed by atoms with Crippen molar-refractivity contribution in [2.24, 2.45) is 0 Å². The highest BCUT2D eigenvalue weighted by Crippen LogP contribution is 2.12. The summed E-state index contributed by atoms with van der Waals surface area (Å²) in [5, 5.41) is 12.7. The van der Waals surface area contributed by atoms with Gasteiger partial charge in [-0.2, -0.15) is 5.10 Å². The zero-order valence-electron chi connectivity index (χ0n) is 13.0. The number of fused-ring (bicyclic) bond motifs is 1. The van der Waals surface area contributed by atoms with Crippen molar-refractivity contribution in [1.82, 2.24) is 39.4 Å². The van der Waals surface area contributed by atoms with E-state index >= 15 is 0 Å². The van der Waals surface area contributed by atoms with Gasteiger partial charge in [0.05, 0.1) is 6.20 Å². The molecule has 1 aliphatic heterocycles. The van der Waals surface area contributed by atoms with Crippen LogP contribution in [0.4, 0.5) is 0 Å². The van der Waals surface area contributed by atoms with Crippen LogP contribution in [0.2, 0.25) is 0 Å². The number of rotatable bonds is 3. The van der Waals surface area contributed by atoms with Crippen LogP contribution in [0.15, 0.2) is 37.1 Å². The highest BCUT2D eigenvalue weighted by molar-refractivity contribution is 5.91. The van der Waals surface area contributed by atoms with Gasteiger partial charge in [-0.3, -0.25) is 14.5 Å². The largest absolute Gasteiger partial charge is 0.335 e. The minimum atomic E-state index is -0.101. The van der Waals surface area contributed by atoms with E-state index in [9.17, 15) is 4.79 Å². The fourth-order valence-electron chi connectivity index (χ4n) is 2.81. The average Bonchev–Trinajstić information content (AvgIpc) is 3.21. The molecule has 24 heavy (non-hydrogen) atoms. The van der Waals surface area contributed by atoms with Gasteiger partial charge in [-0.25, -0.2) is 4.98 Å². The third kappa shape index (κ3) is 2.75. The quantitative estimate of drug-likeness (QED) is 0.674. The minimum absolute atomic E-state index is 0.101. The maximum Gasteiger partial charge on any atom is 0.274 e. The van der Waals surface area contributed by atoms with Gasteiger partial charge in [-0.05, 0) is 6.07 Å². The van der Waals surface area contributed by atoms with E-state index in [1.807, 2.05) is 16.9 Å². The summed E-state index contributed by atoms with van der Waals surface area (Å²) in [6.07, 6.45) is 8.88. The standard InChI is InChI=1S/C15H16N8O/c24-15(12-10-16-4-5-17-12)21-7-2-13-19-20-14(23(13)9-8-21)11-22-6-1-3-18-22/h1,3-6,10H,2,7-9,11H2. The number of nitrogens with zero attached hydrogens (tertiary/aromatic N) is 8. The molecule has 9 nitrogen and oxygen atoms in total. The topological polar surface area (TPSA) is 94.6 Å². The fourth-order valence-corrected chi connectivity index (χ4v) is 2.81. The van der Waals surface area contributed by atoms with Crippen LogP contribution in [-0.2, 0) is 19.5 Å². The highest BCUT2D eigenvalue weighted by atomic mass is 16.2. The number of amides is 1.